The lowest BCUT2D eigenvalue weighted by atomic mass is 10.1. The topological polar surface area (TPSA) is 66.6 Å². The van der Waals surface area contributed by atoms with Gasteiger partial charge in [-0.05, 0) is 68.3 Å². The van der Waals surface area contributed by atoms with Gasteiger partial charge in [-0.15, -0.1) is 0 Å². The fourth-order valence-electron chi connectivity index (χ4n) is 4.37. The maximum Gasteiger partial charge on any atom is 0.224 e. The number of rotatable bonds is 9. The highest BCUT2D eigenvalue weighted by molar-refractivity contribution is 5.90. The summed E-state index contributed by atoms with van der Waals surface area (Å²) in [5.41, 5.74) is 3.52. The zero-order chi connectivity index (χ0) is 23.2. The summed E-state index contributed by atoms with van der Waals surface area (Å²) in [5.74, 6) is 0.386. The van der Waals surface area contributed by atoms with Gasteiger partial charge in [-0.25, -0.2) is 4.39 Å². The van der Waals surface area contributed by atoms with E-state index in [2.05, 4.69) is 22.2 Å². The first-order valence-corrected chi connectivity index (χ1v) is 11.5. The predicted molar refractivity (Wildman–Crippen MR) is 127 cm³/mol. The summed E-state index contributed by atoms with van der Waals surface area (Å²) in [4.78, 5) is 18.1. The lowest BCUT2D eigenvalue weighted by Crippen LogP contribution is -2.38. The van der Waals surface area contributed by atoms with Crippen LogP contribution in [0, 0.1) is 12.7 Å². The fraction of sp³-hybridized carbons (Fsp3) is 0.423. The largest absolute Gasteiger partial charge is 0.492 e. The molecule has 1 aliphatic rings. The van der Waals surface area contributed by atoms with Crippen LogP contribution in [0.1, 0.15) is 29.7 Å². The number of fused-ring (bicyclic) bond motifs is 1. The molecule has 3 aromatic rings. The van der Waals surface area contributed by atoms with Gasteiger partial charge in [-0.1, -0.05) is 12.1 Å². The smallest absolute Gasteiger partial charge is 0.224 e. The minimum atomic E-state index is -0.307. The van der Waals surface area contributed by atoms with Crippen molar-refractivity contribution in [1.29, 1.82) is 0 Å². The Hall–Kier alpha value is -2.90. The SMILES string of the molecule is Cc1[nH]c2ccc(F)cc2c1CC(=O)NCc1cccc(OCCN(C)C2CCOCC2)c1. The molecular weight excluding hydrogens is 421 g/mol. The lowest BCUT2D eigenvalue weighted by molar-refractivity contribution is -0.120. The third-order valence-electron chi connectivity index (χ3n) is 6.33. The molecule has 1 aromatic heterocycles. The van der Waals surface area contributed by atoms with E-state index in [-0.39, 0.29) is 18.1 Å². The van der Waals surface area contributed by atoms with Crippen molar-refractivity contribution < 1.29 is 18.7 Å². The van der Waals surface area contributed by atoms with Crippen LogP contribution in [0.15, 0.2) is 42.5 Å². The van der Waals surface area contributed by atoms with Crippen LogP contribution < -0.4 is 10.1 Å². The average molecular weight is 454 g/mol. The number of likely N-dealkylation sites (N-methyl/N-ethyl adjacent to an activating group) is 1. The minimum Gasteiger partial charge on any atom is -0.492 e. The second-order valence-corrected chi connectivity index (χ2v) is 8.69. The van der Waals surface area contributed by atoms with E-state index in [4.69, 9.17) is 9.47 Å². The molecule has 0 atom stereocenters. The van der Waals surface area contributed by atoms with Crippen molar-refractivity contribution in [2.24, 2.45) is 0 Å². The van der Waals surface area contributed by atoms with Crippen LogP contribution in [0.2, 0.25) is 0 Å². The van der Waals surface area contributed by atoms with Gasteiger partial charge in [0.05, 0.1) is 6.42 Å². The third kappa shape index (κ3) is 6.12. The normalized spacial score (nSPS) is 14.7. The van der Waals surface area contributed by atoms with E-state index in [0.29, 0.717) is 19.2 Å². The van der Waals surface area contributed by atoms with Gasteiger partial charge in [-0.3, -0.25) is 9.69 Å². The number of nitrogens with zero attached hydrogens (tertiary/aromatic N) is 1. The van der Waals surface area contributed by atoms with E-state index >= 15 is 0 Å². The Morgan fingerprint density at radius 1 is 1.24 bits per heavy atom. The number of halogens is 1. The number of benzene rings is 2. The van der Waals surface area contributed by atoms with Gasteiger partial charge in [0.15, 0.2) is 0 Å². The number of hydrogen-bond acceptors (Lipinski definition) is 4. The summed E-state index contributed by atoms with van der Waals surface area (Å²) in [7, 11) is 2.13. The molecule has 1 fully saturated rings. The summed E-state index contributed by atoms with van der Waals surface area (Å²) in [6.07, 6.45) is 2.33. The molecule has 0 spiro atoms. The van der Waals surface area contributed by atoms with Crippen molar-refractivity contribution >= 4 is 16.8 Å². The highest BCUT2D eigenvalue weighted by atomic mass is 19.1. The third-order valence-corrected chi connectivity index (χ3v) is 6.33. The first-order chi connectivity index (χ1) is 16.0. The molecule has 1 aliphatic heterocycles. The summed E-state index contributed by atoms with van der Waals surface area (Å²) < 4.78 is 25.0. The molecular formula is C26H32FN3O3. The molecule has 0 bridgehead atoms. The molecule has 176 valence electrons. The Bertz CT molecular complexity index is 1090. The lowest BCUT2D eigenvalue weighted by Gasteiger charge is -2.31. The van der Waals surface area contributed by atoms with Crippen LogP contribution in [-0.4, -0.2) is 55.2 Å². The van der Waals surface area contributed by atoms with Crippen LogP contribution in [0.25, 0.3) is 10.9 Å². The Labute approximate surface area is 194 Å². The fourth-order valence-corrected chi connectivity index (χ4v) is 4.37. The molecule has 2 N–H and O–H groups in total. The summed E-state index contributed by atoms with van der Waals surface area (Å²) in [6.45, 7) is 5.45. The molecule has 4 rings (SSSR count). The number of nitrogens with one attached hydrogen (secondary N) is 2. The van der Waals surface area contributed by atoms with Crippen LogP contribution in [0.4, 0.5) is 4.39 Å². The van der Waals surface area contributed by atoms with Crippen LogP contribution in [0.5, 0.6) is 5.75 Å². The number of aromatic amines is 1. The van der Waals surface area contributed by atoms with Gasteiger partial charge < -0.3 is 19.8 Å². The molecule has 1 amide bonds. The number of hydrogen-bond donors (Lipinski definition) is 2. The maximum absolute atomic E-state index is 13.7. The number of aryl methyl sites for hydroxylation is 1. The Morgan fingerprint density at radius 3 is 2.88 bits per heavy atom. The van der Waals surface area contributed by atoms with Crippen LogP contribution in [0.3, 0.4) is 0 Å². The first kappa shape index (κ1) is 23.3. The number of H-pyrrole nitrogens is 1. The van der Waals surface area contributed by atoms with Gasteiger partial charge in [0.25, 0.3) is 0 Å². The molecule has 0 saturated carbocycles. The van der Waals surface area contributed by atoms with E-state index in [9.17, 15) is 9.18 Å². The van der Waals surface area contributed by atoms with E-state index in [1.165, 1.54) is 12.1 Å². The molecule has 6 nitrogen and oxygen atoms in total. The molecule has 0 unspecified atom stereocenters. The summed E-state index contributed by atoms with van der Waals surface area (Å²) in [6, 6.07) is 12.9. The number of carbonyl (C=O) groups is 1. The van der Waals surface area contributed by atoms with Gasteiger partial charge in [0.2, 0.25) is 5.91 Å². The predicted octanol–water partition coefficient (Wildman–Crippen LogP) is 3.96. The van der Waals surface area contributed by atoms with Gasteiger partial charge >= 0.3 is 0 Å². The summed E-state index contributed by atoms with van der Waals surface area (Å²) in [5, 5.41) is 3.72. The Morgan fingerprint density at radius 2 is 2.06 bits per heavy atom. The van der Waals surface area contributed by atoms with Crippen molar-refractivity contribution in [2.45, 2.75) is 38.8 Å². The molecule has 0 radical (unpaired) electrons. The van der Waals surface area contributed by atoms with Gasteiger partial charge in [0, 0.05) is 48.9 Å². The molecule has 2 aromatic carbocycles. The van der Waals surface area contributed by atoms with Gasteiger partial charge in [0.1, 0.15) is 18.2 Å². The minimum absolute atomic E-state index is 0.104. The first-order valence-electron chi connectivity index (χ1n) is 11.5. The quantitative estimate of drug-likeness (QED) is 0.515. The Balaban J connectivity index is 1.27. The summed E-state index contributed by atoms with van der Waals surface area (Å²) >= 11 is 0. The molecule has 2 heterocycles. The zero-order valence-corrected chi connectivity index (χ0v) is 19.3. The number of carbonyl (C=O) groups excluding carboxylic acids is 1. The second-order valence-electron chi connectivity index (χ2n) is 8.69. The van der Waals surface area contributed by atoms with Gasteiger partial charge in [-0.2, -0.15) is 0 Å². The van der Waals surface area contributed by atoms with Crippen molar-refractivity contribution in [3.05, 3.63) is 65.1 Å². The molecule has 0 aliphatic carbocycles. The monoisotopic (exact) mass is 453 g/mol. The van der Waals surface area contributed by atoms with Crippen LogP contribution >= 0.6 is 0 Å². The highest BCUT2D eigenvalue weighted by Gasteiger charge is 2.18. The van der Waals surface area contributed by atoms with Crippen molar-refractivity contribution in [1.82, 2.24) is 15.2 Å². The van der Waals surface area contributed by atoms with Crippen molar-refractivity contribution in [3.63, 3.8) is 0 Å². The molecule has 7 heteroatoms. The zero-order valence-electron chi connectivity index (χ0n) is 19.3. The van der Waals surface area contributed by atoms with E-state index in [0.717, 1.165) is 66.1 Å². The number of aromatic nitrogens is 1. The number of ether oxygens (including phenoxy) is 2. The van der Waals surface area contributed by atoms with E-state index in [1.807, 2.05) is 31.2 Å². The second kappa shape index (κ2) is 10.8. The molecule has 1 saturated heterocycles. The van der Waals surface area contributed by atoms with Crippen molar-refractivity contribution in [3.8, 4) is 5.75 Å². The Kier molecular flexibility index (Phi) is 7.62. The highest BCUT2D eigenvalue weighted by Crippen LogP contribution is 2.23. The van der Waals surface area contributed by atoms with Crippen molar-refractivity contribution in [2.75, 3.05) is 33.4 Å². The maximum atomic E-state index is 13.7. The van der Waals surface area contributed by atoms with E-state index in [1.54, 1.807) is 6.07 Å². The number of amides is 1. The average Bonchev–Trinajstić information content (AvgIpc) is 3.12. The standard InChI is InChI=1S/C26H32FN3O3/c1-18-23(24-15-20(27)6-7-25(24)29-18)16-26(31)28-17-19-4-3-5-22(14-19)33-13-10-30(2)21-8-11-32-12-9-21/h3-7,14-15,21,29H,8-13,16-17H2,1-2H3,(H,28,31). The van der Waals surface area contributed by atoms with E-state index < -0.39 is 0 Å². The van der Waals surface area contributed by atoms with Crippen LogP contribution in [-0.2, 0) is 22.5 Å². The molecule has 33 heavy (non-hydrogen) atoms.